The van der Waals surface area contributed by atoms with Crippen LogP contribution in [-0.2, 0) is 10.2 Å². The number of hydrogen-bond acceptors (Lipinski definition) is 2. The van der Waals surface area contributed by atoms with Gasteiger partial charge in [0.15, 0.2) is 0 Å². The second kappa shape index (κ2) is 5.00. The number of nitrogens with one attached hydrogen (secondary N) is 1. The molecule has 0 aromatic heterocycles. The summed E-state index contributed by atoms with van der Waals surface area (Å²) >= 11 is 0. The fourth-order valence-electron chi connectivity index (χ4n) is 3.75. The molecule has 0 saturated heterocycles. The van der Waals surface area contributed by atoms with Crippen molar-refractivity contribution in [2.75, 3.05) is 5.32 Å². The van der Waals surface area contributed by atoms with Crippen molar-refractivity contribution in [2.45, 2.75) is 30.5 Å². The SMILES string of the molecule is O=C1Nc2ccccc2C12CC(CC(F)(F)F)Oc1ccccc12. The number of alkyl halides is 3. The third-order valence-electron chi connectivity index (χ3n) is 4.66. The first-order valence-electron chi connectivity index (χ1n) is 7.64. The van der Waals surface area contributed by atoms with E-state index >= 15 is 0 Å². The van der Waals surface area contributed by atoms with E-state index < -0.39 is 24.1 Å². The van der Waals surface area contributed by atoms with Gasteiger partial charge in [0.1, 0.15) is 17.3 Å². The van der Waals surface area contributed by atoms with Crippen LogP contribution in [0.2, 0.25) is 0 Å². The van der Waals surface area contributed by atoms with Crippen molar-refractivity contribution in [2.24, 2.45) is 0 Å². The molecule has 0 saturated carbocycles. The summed E-state index contributed by atoms with van der Waals surface area (Å²) in [6.07, 6.45) is -6.57. The molecule has 2 heterocycles. The summed E-state index contributed by atoms with van der Waals surface area (Å²) < 4.78 is 44.3. The van der Waals surface area contributed by atoms with E-state index in [9.17, 15) is 18.0 Å². The first kappa shape index (κ1) is 15.1. The predicted molar refractivity (Wildman–Crippen MR) is 82.0 cm³/mol. The monoisotopic (exact) mass is 333 g/mol. The van der Waals surface area contributed by atoms with Crippen LogP contribution in [0.3, 0.4) is 0 Å². The van der Waals surface area contributed by atoms with Gasteiger partial charge < -0.3 is 10.1 Å². The highest BCUT2D eigenvalue weighted by Crippen LogP contribution is 2.52. The molecule has 2 unspecified atom stereocenters. The van der Waals surface area contributed by atoms with Gasteiger partial charge in [0.05, 0.1) is 6.42 Å². The van der Waals surface area contributed by atoms with Crippen molar-refractivity contribution in [1.82, 2.24) is 0 Å². The Labute approximate surface area is 136 Å². The Morgan fingerprint density at radius 3 is 2.50 bits per heavy atom. The molecule has 124 valence electrons. The lowest BCUT2D eigenvalue weighted by Crippen LogP contribution is -2.45. The van der Waals surface area contributed by atoms with E-state index in [2.05, 4.69) is 5.32 Å². The number of rotatable bonds is 1. The number of fused-ring (bicyclic) bond motifs is 4. The highest BCUT2D eigenvalue weighted by molar-refractivity contribution is 6.09. The van der Waals surface area contributed by atoms with Gasteiger partial charge >= 0.3 is 6.18 Å². The zero-order valence-electron chi connectivity index (χ0n) is 12.6. The van der Waals surface area contributed by atoms with Gasteiger partial charge in [-0.1, -0.05) is 36.4 Å². The summed E-state index contributed by atoms with van der Waals surface area (Å²) in [6.45, 7) is 0. The smallest absolute Gasteiger partial charge is 0.392 e. The summed E-state index contributed by atoms with van der Waals surface area (Å²) in [4.78, 5) is 12.8. The number of ether oxygens (including phenoxy) is 1. The largest absolute Gasteiger partial charge is 0.490 e. The molecule has 0 fully saturated rings. The van der Waals surface area contributed by atoms with Crippen LogP contribution >= 0.6 is 0 Å². The molecule has 0 aliphatic carbocycles. The minimum absolute atomic E-state index is 0.0353. The topological polar surface area (TPSA) is 38.3 Å². The summed E-state index contributed by atoms with van der Waals surface area (Å²) in [7, 11) is 0. The lowest BCUT2D eigenvalue weighted by Gasteiger charge is -2.38. The van der Waals surface area contributed by atoms with Crippen LogP contribution in [0, 0.1) is 0 Å². The second-order valence-electron chi connectivity index (χ2n) is 6.16. The molecule has 0 bridgehead atoms. The predicted octanol–water partition coefficient (Wildman–Crippen LogP) is 4.03. The Balaban J connectivity index is 1.89. The molecule has 2 atom stereocenters. The summed E-state index contributed by atoms with van der Waals surface area (Å²) in [6, 6.07) is 14.0. The van der Waals surface area contributed by atoms with Gasteiger partial charge in [0.25, 0.3) is 0 Å². The fraction of sp³-hybridized carbons (Fsp3) is 0.278. The van der Waals surface area contributed by atoms with Crippen LogP contribution in [0.1, 0.15) is 24.0 Å². The third-order valence-corrected chi connectivity index (χ3v) is 4.66. The van der Waals surface area contributed by atoms with E-state index in [0.29, 0.717) is 22.6 Å². The van der Waals surface area contributed by atoms with Crippen LogP contribution < -0.4 is 10.1 Å². The average molecular weight is 333 g/mol. The Hall–Kier alpha value is -2.50. The molecule has 1 spiro atoms. The zero-order valence-corrected chi connectivity index (χ0v) is 12.6. The van der Waals surface area contributed by atoms with Crippen molar-refractivity contribution < 1.29 is 22.7 Å². The van der Waals surface area contributed by atoms with E-state index in [1.165, 1.54) is 0 Å². The van der Waals surface area contributed by atoms with E-state index in [0.717, 1.165) is 0 Å². The first-order chi connectivity index (χ1) is 11.4. The van der Waals surface area contributed by atoms with Crippen molar-refractivity contribution in [3.05, 3.63) is 59.7 Å². The second-order valence-corrected chi connectivity index (χ2v) is 6.16. The fourth-order valence-corrected chi connectivity index (χ4v) is 3.75. The standard InChI is InChI=1S/C18H14F3NO2/c19-18(20,21)10-11-9-17(13-6-2-4-8-15(13)24-11)12-5-1-3-7-14(12)22-16(17)23/h1-8,11H,9-10H2,(H,22,23). The molecule has 4 rings (SSSR count). The van der Waals surface area contributed by atoms with Crippen molar-refractivity contribution in [3.8, 4) is 5.75 Å². The average Bonchev–Trinajstić information content (AvgIpc) is 2.79. The molecule has 3 nitrogen and oxygen atoms in total. The van der Waals surface area contributed by atoms with Crippen LogP contribution in [0.25, 0.3) is 0 Å². The van der Waals surface area contributed by atoms with E-state index in [1.807, 2.05) is 0 Å². The van der Waals surface area contributed by atoms with Crippen LogP contribution in [0.15, 0.2) is 48.5 Å². The highest BCUT2D eigenvalue weighted by Gasteiger charge is 2.54. The third kappa shape index (κ3) is 2.17. The molecule has 2 aromatic rings. The lowest BCUT2D eigenvalue weighted by atomic mass is 9.69. The number of hydrogen-bond donors (Lipinski definition) is 1. The van der Waals surface area contributed by atoms with Gasteiger partial charge in [-0.05, 0) is 17.7 Å². The number of halogens is 3. The summed E-state index contributed by atoms with van der Waals surface area (Å²) in [5.41, 5.74) is 0.829. The molecule has 24 heavy (non-hydrogen) atoms. The molecule has 1 N–H and O–H groups in total. The van der Waals surface area contributed by atoms with Crippen LogP contribution in [0.4, 0.5) is 18.9 Å². The van der Waals surface area contributed by atoms with Gasteiger partial charge in [-0.25, -0.2) is 0 Å². The Morgan fingerprint density at radius 2 is 1.75 bits per heavy atom. The van der Waals surface area contributed by atoms with Gasteiger partial charge in [0.2, 0.25) is 5.91 Å². The molecule has 0 radical (unpaired) electrons. The van der Waals surface area contributed by atoms with Crippen LogP contribution in [-0.4, -0.2) is 18.2 Å². The molecule has 2 aromatic carbocycles. The van der Waals surface area contributed by atoms with E-state index in [4.69, 9.17) is 4.74 Å². The Bertz CT molecular complexity index is 818. The van der Waals surface area contributed by atoms with Crippen molar-refractivity contribution in [3.63, 3.8) is 0 Å². The highest BCUT2D eigenvalue weighted by atomic mass is 19.4. The van der Waals surface area contributed by atoms with Gasteiger partial charge in [0, 0.05) is 17.7 Å². The van der Waals surface area contributed by atoms with E-state index in [1.54, 1.807) is 48.5 Å². The number of amides is 1. The summed E-state index contributed by atoms with van der Waals surface area (Å²) in [5.74, 6) is 0.0384. The lowest BCUT2D eigenvalue weighted by molar-refractivity contribution is -0.155. The molecular formula is C18H14F3NO2. The minimum Gasteiger partial charge on any atom is -0.490 e. The molecule has 1 amide bonds. The molecule has 6 heteroatoms. The Morgan fingerprint density at radius 1 is 1.08 bits per heavy atom. The zero-order chi connectivity index (χ0) is 16.9. The normalized spacial score (nSPS) is 25.0. The molecule has 2 aliphatic heterocycles. The maximum absolute atomic E-state index is 12.9. The first-order valence-corrected chi connectivity index (χ1v) is 7.64. The quantitative estimate of drug-likeness (QED) is 0.856. The molecular weight excluding hydrogens is 319 g/mol. The number of para-hydroxylation sites is 2. The van der Waals surface area contributed by atoms with Gasteiger partial charge in [-0.2, -0.15) is 13.2 Å². The Kier molecular flexibility index (Phi) is 3.13. The van der Waals surface area contributed by atoms with Crippen molar-refractivity contribution in [1.29, 1.82) is 0 Å². The number of carbonyl (C=O) groups is 1. The maximum Gasteiger partial charge on any atom is 0.392 e. The van der Waals surface area contributed by atoms with Gasteiger partial charge in [-0.15, -0.1) is 0 Å². The van der Waals surface area contributed by atoms with Crippen molar-refractivity contribution >= 4 is 11.6 Å². The van der Waals surface area contributed by atoms with Gasteiger partial charge in [-0.3, -0.25) is 4.79 Å². The van der Waals surface area contributed by atoms with Crippen LogP contribution in [0.5, 0.6) is 5.75 Å². The number of benzene rings is 2. The minimum atomic E-state index is -4.35. The molecule has 2 aliphatic rings. The maximum atomic E-state index is 12.9. The number of carbonyl (C=O) groups excluding carboxylic acids is 1. The number of anilines is 1. The van der Waals surface area contributed by atoms with E-state index in [-0.39, 0.29) is 12.3 Å². The summed E-state index contributed by atoms with van der Waals surface area (Å²) in [5, 5.41) is 2.81.